The lowest BCUT2D eigenvalue weighted by molar-refractivity contribution is -0.384. The van der Waals surface area contributed by atoms with Gasteiger partial charge in [0.15, 0.2) is 0 Å². The molecule has 7 nitrogen and oxygen atoms in total. The standard InChI is InChI=1S/C20H17ClN4O3/c21-16-7-6-13(10-18(16)25(27)28)11-24-9-8-17-15(12-24)20(26)23-19(22-17)14-4-2-1-3-5-14/h1-7,10H,8-9,11-12H2,(H,22,23,26). The molecule has 28 heavy (non-hydrogen) atoms. The normalized spacial score (nSPS) is 13.9. The average Bonchev–Trinajstić information content (AvgIpc) is 2.70. The van der Waals surface area contributed by atoms with Gasteiger partial charge in [-0.05, 0) is 11.6 Å². The van der Waals surface area contributed by atoms with Crippen molar-refractivity contribution in [2.24, 2.45) is 0 Å². The summed E-state index contributed by atoms with van der Waals surface area (Å²) in [5, 5.41) is 11.2. The van der Waals surface area contributed by atoms with E-state index in [1.54, 1.807) is 6.07 Å². The first-order valence-electron chi connectivity index (χ1n) is 8.84. The molecular weight excluding hydrogens is 380 g/mol. The molecule has 0 bridgehead atoms. The molecule has 0 aliphatic carbocycles. The maximum absolute atomic E-state index is 12.6. The third-order valence-electron chi connectivity index (χ3n) is 4.81. The molecule has 1 aliphatic rings. The van der Waals surface area contributed by atoms with E-state index in [9.17, 15) is 14.9 Å². The second kappa shape index (κ2) is 7.53. The summed E-state index contributed by atoms with van der Waals surface area (Å²) in [6.07, 6.45) is 0.648. The van der Waals surface area contributed by atoms with Gasteiger partial charge in [-0.1, -0.05) is 48.0 Å². The van der Waals surface area contributed by atoms with Crippen LogP contribution in [-0.4, -0.2) is 26.3 Å². The van der Waals surface area contributed by atoms with Crippen LogP contribution in [0.2, 0.25) is 5.02 Å². The highest BCUT2D eigenvalue weighted by Crippen LogP contribution is 2.26. The monoisotopic (exact) mass is 396 g/mol. The second-order valence-corrected chi connectivity index (χ2v) is 7.12. The van der Waals surface area contributed by atoms with Gasteiger partial charge in [0.05, 0.1) is 16.2 Å². The molecule has 0 amide bonds. The van der Waals surface area contributed by atoms with E-state index < -0.39 is 4.92 Å². The molecule has 0 saturated carbocycles. The maximum Gasteiger partial charge on any atom is 0.288 e. The Morgan fingerprint density at radius 1 is 1.21 bits per heavy atom. The number of halogens is 1. The highest BCUT2D eigenvalue weighted by molar-refractivity contribution is 6.32. The minimum absolute atomic E-state index is 0.108. The van der Waals surface area contributed by atoms with E-state index in [1.165, 1.54) is 12.1 Å². The fraction of sp³-hybridized carbons (Fsp3) is 0.200. The van der Waals surface area contributed by atoms with Gasteiger partial charge in [0.25, 0.3) is 11.2 Å². The van der Waals surface area contributed by atoms with Crippen LogP contribution in [0.3, 0.4) is 0 Å². The van der Waals surface area contributed by atoms with E-state index in [0.717, 1.165) is 16.8 Å². The Morgan fingerprint density at radius 2 is 2.00 bits per heavy atom. The van der Waals surface area contributed by atoms with Crippen LogP contribution in [0.4, 0.5) is 5.69 Å². The molecule has 0 saturated heterocycles. The Hall–Kier alpha value is -3.03. The van der Waals surface area contributed by atoms with Crippen LogP contribution < -0.4 is 5.56 Å². The van der Waals surface area contributed by atoms with E-state index in [4.69, 9.17) is 11.6 Å². The molecule has 0 radical (unpaired) electrons. The van der Waals surface area contributed by atoms with Crippen LogP contribution >= 0.6 is 11.6 Å². The Balaban J connectivity index is 1.57. The largest absolute Gasteiger partial charge is 0.306 e. The lowest BCUT2D eigenvalue weighted by atomic mass is 10.1. The molecule has 8 heteroatoms. The predicted octanol–water partition coefficient (Wildman–Crippen LogP) is 3.56. The first-order valence-corrected chi connectivity index (χ1v) is 9.22. The summed E-state index contributed by atoms with van der Waals surface area (Å²) >= 11 is 5.88. The molecule has 0 atom stereocenters. The highest BCUT2D eigenvalue weighted by atomic mass is 35.5. The Morgan fingerprint density at radius 3 is 2.75 bits per heavy atom. The Bertz CT molecular complexity index is 1100. The van der Waals surface area contributed by atoms with Gasteiger partial charge < -0.3 is 4.98 Å². The van der Waals surface area contributed by atoms with Gasteiger partial charge in [-0.15, -0.1) is 0 Å². The van der Waals surface area contributed by atoms with Crippen LogP contribution in [0.15, 0.2) is 53.3 Å². The lowest BCUT2D eigenvalue weighted by Crippen LogP contribution is -2.35. The van der Waals surface area contributed by atoms with Crippen molar-refractivity contribution >= 4 is 17.3 Å². The summed E-state index contributed by atoms with van der Waals surface area (Å²) in [7, 11) is 0. The van der Waals surface area contributed by atoms with E-state index in [-0.39, 0.29) is 16.3 Å². The van der Waals surface area contributed by atoms with Crippen molar-refractivity contribution in [3.8, 4) is 11.4 Å². The topological polar surface area (TPSA) is 92.1 Å². The zero-order valence-corrected chi connectivity index (χ0v) is 15.6. The van der Waals surface area contributed by atoms with Crippen LogP contribution in [-0.2, 0) is 19.5 Å². The number of hydrogen-bond acceptors (Lipinski definition) is 5. The Labute approximate surface area is 165 Å². The first-order chi connectivity index (χ1) is 13.5. The van der Waals surface area contributed by atoms with Crippen LogP contribution in [0.5, 0.6) is 0 Å². The van der Waals surface area contributed by atoms with Crippen molar-refractivity contribution in [3.63, 3.8) is 0 Å². The van der Waals surface area contributed by atoms with Gasteiger partial charge in [-0.3, -0.25) is 19.8 Å². The molecule has 1 aromatic heterocycles. The quantitative estimate of drug-likeness (QED) is 0.537. The number of nitro benzene ring substituents is 1. The smallest absolute Gasteiger partial charge is 0.288 e. The number of H-pyrrole nitrogens is 1. The number of benzene rings is 2. The zero-order chi connectivity index (χ0) is 19.7. The van der Waals surface area contributed by atoms with Gasteiger partial charge in [0, 0.05) is 37.7 Å². The summed E-state index contributed by atoms with van der Waals surface area (Å²) in [4.78, 5) is 32.8. The molecule has 3 aromatic rings. The SMILES string of the molecule is O=c1[nH]c(-c2ccccc2)nc2c1CN(Cc1ccc(Cl)c([N+](=O)[O-])c1)CC2. The van der Waals surface area contributed by atoms with E-state index in [0.29, 0.717) is 37.4 Å². The van der Waals surface area contributed by atoms with E-state index in [1.807, 2.05) is 30.3 Å². The summed E-state index contributed by atoms with van der Waals surface area (Å²) in [5.74, 6) is 0.575. The Kier molecular flexibility index (Phi) is 4.93. The number of nitrogens with zero attached hydrogens (tertiary/aromatic N) is 3. The van der Waals surface area contributed by atoms with E-state index >= 15 is 0 Å². The van der Waals surface area contributed by atoms with Crippen molar-refractivity contribution < 1.29 is 4.92 Å². The molecule has 0 fully saturated rings. The van der Waals surface area contributed by atoms with Crippen LogP contribution in [0.25, 0.3) is 11.4 Å². The number of aromatic nitrogens is 2. The molecule has 0 unspecified atom stereocenters. The number of aromatic amines is 1. The minimum Gasteiger partial charge on any atom is -0.306 e. The zero-order valence-electron chi connectivity index (χ0n) is 14.9. The first kappa shape index (κ1) is 18.3. The van der Waals surface area contributed by atoms with Gasteiger partial charge in [0.2, 0.25) is 0 Å². The van der Waals surface area contributed by atoms with Gasteiger partial charge in [0.1, 0.15) is 10.8 Å². The van der Waals surface area contributed by atoms with Crippen molar-refractivity contribution in [1.29, 1.82) is 0 Å². The number of fused-ring (bicyclic) bond motifs is 1. The molecule has 0 spiro atoms. The molecule has 1 N–H and O–H groups in total. The number of nitrogens with one attached hydrogen (secondary N) is 1. The molecule has 2 aromatic carbocycles. The predicted molar refractivity (Wildman–Crippen MR) is 106 cm³/mol. The summed E-state index contributed by atoms with van der Waals surface area (Å²) in [5.41, 5.74) is 2.86. The highest BCUT2D eigenvalue weighted by Gasteiger charge is 2.22. The average molecular weight is 397 g/mol. The van der Waals surface area contributed by atoms with E-state index in [2.05, 4.69) is 14.9 Å². The van der Waals surface area contributed by atoms with Crippen LogP contribution in [0.1, 0.15) is 16.8 Å². The third kappa shape index (κ3) is 3.67. The third-order valence-corrected chi connectivity index (χ3v) is 5.13. The van der Waals surface area contributed by atoms with Crippen LogP contribution in [0, 0.1) is 10.1 Å². The molecule has 1 aliphatic heterocycles. The molecule has 4 rings (SSSR count). The van der Waals surface area contributed by atoms with Crippen molar-refractivity contribution in [2.75, 3.05) is 6.54 Å². The number of hydrogen-bond donors (Lipinski definition) is 1. The molecule has 2 heterocycles. The number of nitro groups is 1. The van der Waals surface area contributed by atoms with Crippen molar-refractivity contribution in [1.82, 2.24) is 14.9 Å². The summed E-state index contributed by atoms with van der Waals surface area (Å²) in [6, 6.07) is 14.3. The number of rotatable bonds is 4. The summed E-state index contributed by atoms with van der Waals surface area (Å²) in [6.45, 7) is 1.66. The lowest BCUT2D eigenvalue weighted by Gasteiger charge is -2.27. The van der Waals surface area contributed by atoms with Crippen molar-refractivity contribution in [3.05, 3.63) is 90.8 Å². The summed E-state index contributed by atoms with van der Waals surface area (Å²) < 4.78 is 0. The van der Waals surface area contributed by atoms with Gasteiger partial charge in [-0.2, -0.15) is 0 Å². The fourth-order valence-corrected chi connectivity index (χ4v) is 3.59. The minimum atomic E-state index is -0.489. The van der Waals surface area contributed by atoms with Crippen molar-refractivity contribution in [2.45, 2.75) is 19.5 Å². The maximum atomic E-state index is 12.6. The molecular formula is C20H17ClN4O3. The molecule has 142 valence electrons. The second-order valence-electron chi connectivity index (χ2n) is 6.71. The van der Waals surface area contributed by atoms with Gasteiger partial charge >= 0.3 is 0 Å². The van der Waals surface area contributed by atoms with Gasteiger partial charge in [-0.25, -0.2) is 4.98 Å². The fourth-order valence-electron chi connectivity index (χ4n) is 3.40.